The van der Waals surface area contributed by atoms with Gasteiger partial charge in [-0.25, -0.2) is 0 Å². The largest absolute Gasteiger partial charge is 0.495 e. The maximum absolute atomic E-state index is 9.15. The van der Waals surface area contributed by atoms with E-state index >= 15 is 0 Å². The van der Waals surface area contributed by atoms with Gasteiger partial charge in [-0.05, 0) is 49.5 Å². The number of ether oxygens (including phenoxy) is 1. The lowest BCUT2D eigenvalue weighted by molar-refractivity contribution is 0.249. The summed E-state index contributed by atoms with van der Waals surface area (Å²) in [6.07, 6.45) is 1.05. The van der Waals surface area contributed by atoms with E-state index in [1.807, 2.05) is 18.2 Å². The molecule has 1 atom stereocenters. The average Bonchev–Trinajstić information content (AvgIpc) is 2.99. The van der Waals surface area contributed by atoms with Crippen LogP contribution in [-0.4, -0.2) is 25.1 Å². The van der Waals surface area contributed by atoms with Crippen LogP contribution in [-0.2, 0) is 13.0 Å². The Kier molecular flexibility index (Phi) is 5.38. The summed E-state index contributed by atoms with van der Waals surface area (Å²) in [5.41, 5.74) is 1.72. The van der Waals surface area contributed by atoms with Gasteiger partial charge in [0.25, 0.3) is 0 Å². The average molecular weight is 300 g/mol. The second-order valence-electron chi connectivity index (χ2n) is 5.19. The molecule has 0 N–H and O–H groups in total. The summed E-state index contributed by atoms with van der Waals surface area (Å²) < 4.78 is 5.18. The molecule has 1 aromatic heterocycles. The Hall–Kier alpha value is -1.83. The first-order valence-electron chi connectivity index (χ1n) is 6.93. The van der Waals surface area contributed by atoms with Crippen LogP contribution >= 0.6 is 11.3 Å². The van der Waals surface area contributed by atoms with Gasteiger partial charge in [0.1, 0.15) is 11.8 Å². The highest BCUT2D eigenvalue weighted by Gasteiger charge is 2.12. The zero-order valence-corrected chi connectivity index (χ0v) is 13.5. The Balaban J connectivity index is 2.02. The van der Waals surface area contributed by atoms with Crippen molar-refractivity contribution in [3.8, 4) is 11.8 Å². The SMILES string of the molecule is COc1ccc(CN(C)C(C)Cc2cccs2)cc1C#N. The molecule has 21 heavy (non-hydrogen) atoms. The van der Waals surface area contributed by atoms with Gasteiger partial charge in [-0.1, -0.05) is 12.1 Å². The molecular weight excluding hydrogens is 280 g/mol. The summed E-state index contributed by atoms with van der Waals surface area (Å²) >= 11 is 1.80. The summed E-state index contributed by atoms with van der Waals surface area (Å²) in [7, 11) is 3.71. The Morgan fingerprint density at radius 3 is 2.81 bits per heavy atom. The van der Waals surface area contributed by atoms with E-state index in [-0.39, 0.29) is 0 Å². The van der Waals surface area contributed by atoms with Crippen LogP contribution in [0.25, 0.3) is 0 Å². The molecule has 1 heterocycles. The van der Waals surface area contributed by atoms with Gasteiger partial charge in [0.05, 0.1) is 12.7 Å². The molecule has 0 saturated heterocycles. The Morgan fingerprint density at radius 2 is 2.19 bits per heavy atom. The van der Waals surface area contributed by atoms with Crippen molar-refractivity contribution >= 4 is 11.3 Å². The van der Waals surface area contributed by atoms with Crippen molar-refractivity contribution in [3.05, 3.63) is 51.7 Å². The van der Waals surface area contributed by atoms with Gasteiger partial charge >= 0.3 is 0 Å². The Bertz CT molecular complexity index is 616. The van der Waals surface area contributed by atoms with Crippen molar-refractivity contribution in [2.45, 2.75) is 25.9 Å². The number of nitriles is 1. The number of likely N-dealkylation sites (N-methyl/N-ethyl adjacent to an activating group) is 1. The van der Waals surface area contributed by atoms with Crippen molar-refractivity contribution in [1.82, 2.24) is 4.90 Å². The van der Waals surface area contributed by atoms with E-state index in [0.717, 1.165) is 18.5 Å². The van der Waals surface area contributed by atoms with Gasteiger partial charge in [-0.15, -0.1) is 11.3 Å². The second-order valence-corrected chi connectivity index (χ2v) is 6.23. The van der Waals surface area contributed by atoms with Crippen molar-refractivity contribution in [1.29, 1.82) is 5.26 Å². The van der Waals surface area contributed by atoms with E-state index in [9.17, 15) is 0 Å². The van der Waals surface area contributed by atoms with Crippen LogP contribution < -0.4 is 4.74 Å². The van der Waals surface area contributed by atoms with Crippen LogP contribution in [0.4, 0.5) is 0 Å². The van der Waals surface area contributed by atoms with Gasteiger partial charge in [-0.3, -0.25) is 4.90 Å². The predicted octanol–water partition coefficient (Wildman–Crippen LogP) is 3.69. The molecule has 1 unspecified atom stereocenters. The van der Waals surface area contributed by atoms with Crippen LogP contribution in [0.15, 0.2) is 35.7 Å². The molecule has 0 fully saturated rings. The topological polar surface area (TPSA) is 36.3 Å². The lowest BCUT2D eigenvalue weighted by atomic mass is 10.1. The first kappa shape index (κ1) is 15.6. The molecule has 110 valence electrons. The quantitative estimate of drug-likeness (QED) is 0.816. The highest BCUT2D eigenvalue weighted by molar-refractivity contribution is 7.09. The maximum Gasteiger partial charge on any atom is 0.136 e. The van der Waals surface area contributed by atoms with Gasteiger partial charge in [-0.2, -0.15) is 5.26 Å². The van der Waals surface area contributed by atoms with E-state index in [4.69, 9.17) is 10.00 Å². The molecule has 1 aromatic carbocycles. The molecule has 2 aromatic rings. The Morgan fingerprint density at radius 1 is 1.38 bits per heavy atom. The normalized spacial score (nSPS) is 12.1. The molecule has 0 bridgehead atoms. The molecule has 0 spiro atoms. The molecule has 0 aliphatic heterocycles. The van der Waals surface area contributed by atoms with E-state index in [2.05, 4.69) is 42.5 Å². The summed E-state index contributed by atoms with van der Waals surface area (Å²) in [6.45, 7) is 3.06. The first-order chi connectivity index (χ1) is 10.1. The molecule has 2 rings (SSSR count). The third-order valence-electron chi connectivity index (χ3n) is 3.65. The zero-order valence-electron chi connectivity index (χ0n) is 12.7. The minimum atomic E-state index is 0.455. The molecule has 0 aliphatic rings. The lowest BCUT2D eigenvalue weighted by Gasteiger charge is -2.24. The van der Waals surface area contributed by atoms with E-state index in [1.54, 1.807) is 18.4 Å². The monoisotopic (exact) mass is 300 g/mol. The number of hydrogen-bond donors (Lipinski definition) is 0. The summed E-state index contributed by atoms with van der Waals surface area (Å²) in [4.78, 5) is 3.71. The molecular formula is C17H20N2OS. The van der Waals surface area contributed by atoms with E-state index in [1.165, 1.54) is 4.88 Å². The van der Waals surface area contributed by atoms with Gasteiger partial charge in [0, 0.05) is 17.5 Å². The number of nitrogens with zero attached hydrogens (tertiary/aromatic N) is 2. The predicted molar refractivity (Wildman–Crippen MR) is 86.7 cm³/mol. The standard InChI is InChI=1S/C17H20N2OS/c1-13(9-16-5-4-8-21-16)19(2)12-14-6-7-17(20-3)15(10-14)11-18/h4-8,10,13H,9,12H2,1-3H3. The third-order valence-corrected chi connectivity index (χ3v) is 4.54. The molecule has 0 saturated carbocycles. The van der Waals surface area contributed by atoms with E-state index < -0.39 is 0 Å². The number of rotatable bonds is 6. The van der Waals surface area contributed by atoms with Crippen molar-refractivity contribution < 1.29 is 4.74 Å². The van der Waals surface area contributed by atoms with Gasteiger partial charge in [0.15, 0.2) is 0 Å². The Labute approximate surface area is 130 Å². The smallest absolute Gasteiger partial charge is 0.136 e. The fourth-order valence-electron chi connectivity index (χ4n) is 2.26. The van der Waals surface area contributed by atoms with Crippen molar-refractivity contribution in [2.24, 2.45) is 0 Å². The van der Waals surface area contributed by atoms with Crippen molar-refractivity contribution in [2.75, 3.05) is 14.2 Å². The highest BCUT2D eigenvalue weighted by Crippen LogP contribution is 2.20. The maximum atomic E-state index is 9.15. The molecule has 0 amide bonds. The summed E-state index contributed by atoms with van der Waals surface area (Å²) in [5.74, 6) is 0.635. The third kappa shape index (κ3) is 4.07. The number of hydrogen-bond acceptors (Lipinski definition) is 4. The zero-order chi connectivity index (χ0) is 15.2. The first-order valence-corrected chi connectivity index (χ1v) is 7.81. The molecule has 0 radical (unpaired) electrons. The van der Waals surface area contributed by atoms with Crippen LogP contribution in [0.3, 0.4) is 0 Å². The van der Waals surface area contributed by atoms with Crippen LogP contribution in [0.1, 0.15) is 22.9 Å². The van der Waals surface area contributed by atoms with E-state index in [0.29, 0.717) is 17.4 Å². The van der Waals surface area contributed by atoms with Crippen LogP contribution in [0, 0.1) is 11.3 Å². The molecule has 3 nitrogen and oxygen atoms in total. The van der Waals surface area contributed by atoms with Crippen LogP contribution in [0.2, 0.25) is 0 Å². The number of methoxy groups -OCH3 is 1. The summed E-state index contributed by atoms with van der Waals surface area (Å²) in [6, 6.07) is 12.7. The lowest BCUT2D eigenvalue weighted by Crippen LogP contribution is -2.30. The van der Waals surface area contributed by atoms with Crippen LogP contribution in [0.5, 0.6) is 5.75 Å². The minimum absolute atomic E-state index is 0.455. The van der Waals surface area contributed by atoms with Gasteiger partial charge < -0.3 is 4.74 Å². The number of thiophene rings is 1. The highest BCUT2D eigenvalue weighted by atomic mass is 32.1. The van der Waals surface area contributed by atoms with Crippen molar-refractivity contribution in [3.63, 3.8) is 0 Å². The van der Waals surface area contributed by atoms with Gasteiger partial charge in [0.2, 0.25) is 0 Å². The molecule has 4 heteroatoms. The fourth-order valence-corrected chi connectivity index (χ4v) is 3.09. The minimum Gasteiger partial charge on any atom is -0.495 e. The fraction of sp³-hybridized carbons (Fsp3) is 0.353. The number of benzene rings is 1. The molecule has 0 aliphatic carbocycles. The second kappa shape index (κ2) is 7.26. The summed E-state index contributed by atoms with van der Waals surface area (Å²) in [5, 5.41) is 11.3.